The van der Waals surface area contributed by atoms with Crippen molar-refractivity contribution in [2.45, 2.75) is 235 Å². The first-order chi connectivity index (χ1) is 35.7. The van der Waals surface area contributed by atoms with Gasteiger partial charge in [-0.3, -0.25) is 4.79 Å². The Hall–Kier alpha value is -1.67. The lowest BCUT2D eigenvalue weighted by Gasteiger charge is -2.71. The molecule has 24 nitrogen and oxygen atoms in total. The van der Waals surface area contributed by atoms with Crippen molar-refractivity contribution in [3.05, 3.63) is 11.6 Å². The van der Waals surface area contributed by atoms with Crippen LogP contribution in [0.15, 0.2) is 11.6 Å². The van der Waals surface area contributed by atoms with Crippen molar-refractivity contribution in [1.29, 1.82) is 0 Å². The third-order valence-corrected chi connectivity index (χ3v) is 20.9. The summed E-state index contributed by atoms with van der Waals surface area (Å²) in [5.74, 6) is -9.41. The highest BCUT2D eigenvalue weighted by molar-refractivity contribution is 5.74. The van der Waals surface area contributed by atoms with E-state index in [1.165, 1.54) is 6.92 Å². The predicted octanol–water partition coefficient (Wildman–Crippen LogP) is -2.90. The normalized spacial score (nSPS) is 55.4. The standard InChI is InChI=1S/C53H86O24/c1-21-33(57)36(60)39(63)46(72-21)74-41-27(18-54)75-52(68,43(66)40(41)64)71-20-28-35(59)37(61)42(65)53(69,76-28)77-44(67)23-16-47(2,3)15-22-24-9-10-30-49(6)13-12-31(73-45-38(62)34(58)26(56)19-70-45)48(4,5)29(49)11-14-50(30,7)51(24,8)17-25(55)32(22)23/h9,21-23,25-43,45-46,54-66,68-69H,10-20H2,1-8H3/t21-,22+,23-,25-,26-,27?,28?,29?,30?,31+,32?,33-,34-,35-,36+,37?,38+,39+,40?,41-,42+,43+,45?,46?,49+,50-,51-,52+,53-/m1/s1. The van der Waals surface area contributed by atoms with Gasteiger partial charge in [-0.05, 0) is 103 Å². The molecule has 0 aromatic carbocycles. The van der Waals surface area contributed by atoms with Gasteiger partial charge in [-0.1, -0.05) is 60.1 Å². The van der Waals surface area contributed by atoms with Crippen molar-refractivity contribution in [3.63, 3.8) is 0 Å². The topological polar surface area (TPSA) is 394 Å². The Morgan fingerprint density at radius 3 is 2.00 bits per heavy atom. The van der Waals surface area contributed by atoms with Gasteiger partial charge in [0, 0.05) is 5.92 Å². The largest absolute Gasteiger partial charge is 0.405 e. The minimum atomic E-state index is -3.37. The number of aliphatic hydroxyl groups excluding tert-OH is 13. The van der Waals surface area contributed by atoms with Crippen LogP contribution in [0.25, 0.3) is 0 Å². The van der Waals surface area contributed by atoms with Crippen molar-refractivity contribution in [1.82, 2.24) is 0 Å². The Bertz CT molecular complexity index is 2170. The molecule has 9 unspecified atom stereocenters. The first-order valence-corrected chi connectivity index (χ1v) is 27.4. The lowest BCUT2D eigenvalue weighted by atomic mass is 9.34. The van der Waals surface area contributed by atoms with E-state index in [0.717, 1.165) is 31.3 Å². The lowest BCUT2D eigenvalue weighted by molar-refractivity contribution is -0.473. The molecule has 29 atom stereocenters. The van der Waals surface area contributed by atoms with Gasteiger partial charge in [0.2, 0.25) is 0 Å². The number of rotatable bonds is 10. The van der Waals surface area contributed by atoms with Gasteiger partial charge in [0.15, 0.2) is 24.8 Å². The number of fused-ring (bicyclic) bond motifs is 7. The van der Waals surface area contributed by atoms with E-state index in [2.05, 4.69) is 40.7 Å². The highest BCUT2D eigenvalue weighted by Gasteiger charge is 2.70. The zero-order valence-electron chi connectivity index (χ0n) is 45.1. The molecule has 5 aliphatic carbocycles. The molecule has 0 aromatic heterocycles. The summed E-state index contributed by atoms with van der Waals surface area (Å²) in [4.78, 5) is 14.7. The molecule has 4 saturated carbocycles. The summed E-state index contributed by atoms with van der Waals surface area (Å²) in [7, 11) is 0. The van der Waals surface area contributed by atoms with Gasteiger partial charge in [-0.15, -0.1) is 0 Å². The van der Waals surface area contributed by atoms with E-state index in [-0.39, 0.29) is 53.1 Å². The number of carbonyl (C=O) groups is 1. The molecule has 9 rings (SSSR count). The second kappa shape index (κ2) is 20.9. The Morgan fingerprint density at radius 2 is 1.32 bits per heavy atom. The number of aliphatic hydroxyl groups is 15. The lowest BCUT2D eigenvalue weighted by Crippen LogP contribution is -2.70. The fourth-order valence-corrected chi connectivity index (χ4v) is 16.5. The molecule has 0 radical (unpaired) electrons. The second-order valence-corrected chi connectivity index (χ2v) is 26.3. The highest BCUT2D eigenvalue weighted by atomic mass is 16.9. The second-order valence-electron chi connectivity index (χ2n) is 26.3. The van der Waals surface area contributed by atoms with E-state index in [9.17, 15) is 81.4 Å². The van der Waals surface area contributed by atoms with Crippen molar-refractivity contribution >= 4 is 5.97 Å². The van der Waals surface area contributed by atoms with Gasteiger partial charge in [-0.2, -0.15) is 0 Å². The monoisotopic (exact) mass is 1110 g/mol. The molecule has 0 spiro atoms. The molecule has 15 N–H and O–H groups in total. The van der Waals surface area contributed by atoms with Gasteiger partial charge in [0.1, 0.15) is 73.2 Å². The first-order valence-electron chi connectivity index (χ1n) is 27.4. The van der Waals surface area contributed by atoms with E-state index in [0.29, 0.717) is 19.3 Å². The number of esters is 1. The molecule has 24 heteroatoms. The summed E-state index contributed by atoms with van der Waals surface area (Å²) in [6.07, 6.45) is -24.0. The Labute approximate surface area is 447 Å². The van der Waals surface area contributed by atoms with Gasteiger partial charge >= 0.3 is 17.9 Å². The number of allylic oxidation sites excluding steroid dienone is 2. The molecule has 0 aromatic rings. The van der Waals surface area contributed by atoms with Gasteiger partial charge < -0.3 is 114 Å². The summed E-state index contributed by atoms with van der Waals surface area (Å²) in [6, 6.07) is 0. The molecule has 4 saturated heterocycles. The van der Waals surface area contributed by atoms with E-state index >= 15 is 0 Å². The van der Waals surface area contributed by atoms with Crippen LogP contribution in [0.4, 0.5) is 0 Å². The predicted molar refractivity (Wildman–Crippen MR) is 259 cm³/mol. The average Bonchev–Trinajstić information content (AvgIpc) is 3.37. The molecule has 0 amide bonds. The highest BCUT2D eigenvalue weighted by Crippen LogP contribution is 2.75. The van der Waals surface area contributed by atoms with Crippen LogP contribution < -0.4 is 0 Å². The third-order valence-electron chi connectivity index (χ3n) is 20.9. The maximum absolute atomic E-state index is 14.7. The molecular weight excluding hydrogens is 1020 g/mol. The molecule has 4 aliphatic heterocycles. The third kappa shape index (κ3) is 9.79. The quantitative estimate of drug-likeness (QED) is 0.0451. The van der Waals surface area contributed by atoms with Crippen LogP contribution in [0.1, 0.15) is 107 Å². The van der Waals surface area contributed by atoms with Crippen LogP contribution in [0.5, 0.6) is 0 Å². The minimum absolute atomic E-state index is 0.157. The number of carbonyl (C=O) groups excluding carboxylic acids is 1. The van der Waals surface area contributed by atoms with Crippen molar-refractivity contribution in [3.8, 4) is 0 Å². The average molecular weight is 1110 g/mol. The zero-order valence-corrected chi connectivity index (χ0v) is 45.1. The molecule has 0 bridgehead atoms. The van der Waals surface area contributed by atoms with Gasteiger partial charge in [-0.25, -0.2) is 0 Å². The number of hydrogen-bond acceptors (Lipinski definition) is 24. The number of ether oxygens (including phenoxy) is 8. The van der Waals surface area contributed by atoms with Crippen molar-refractivity contribution < 1.29 is 119 Å². The van der Waals surface area contributed by atoms with E-state index < -0.39 is 164 Å². The van der Waals surface area contributed by atoms with E-state index in [1.807, 2.05) is 13.8 Å². The van der Waals surface area contributed by atoms with Crippen molar-refractivity contribution in [2.75, 3.05) is 19.8 Å². The zero-order chi connectivity index (χ0) is 56.7. The Morgan fingerprint density at radius 1 is 0.675 bits per heavy atom. The summed E-state index contributed by atoms with van der Waals surface area (Å²) in [5.41, 5.74) is -0.749. The summed E-state index contributed by atoms with van der Waals surface area (Å²) in [6.45, 7) is 14.4. The van der Waals surface area contributed by atoms with Crippen LogP contribution in [0.3, 0.4) is 0 Å². The molecule has 442 valence electrons. The fraction of sp³-hybridized carbons (Fsp3) is 0.943. The summed E-state index contributed by atoms with van der Waals surface area (Å²) >= 11 is 0. The van der Waals surface area contributed by atoms with Crippen LogP contribution in [-0.2, 0) is 42.7 Å². The summed E-state index contributed by atoms with van der Waals surface area (Å²) < 4.78 is 45.2. The Kier molecular flexibility index (Phi) is 16.3. The van der Waals surface area contributed by atoms with Crippen LogP contribution in [-0.4, -0.2) is 231 Å². The van der Waals surface area contributed by atoms with Gasteiger partial charge in [0.25, 0.3) is 0 Å². The SMILES string of the molecule is C[C@H]1OC(O[C@@H]2C(CO)O[C@@](O)(OCC3O[C@@](O)(OC(=O)[C@@H]4CC(C)(C)C[C@H]5C6=CCC7[C@@]8(C)CC[C@H](OC9OC[C@@H](O)[C@@H](O)[C@@H]9O)C(C)(C)C8CC[C@@]7(C)[C@]6(C)C[C@@H](O)C45)[C@@H](O)C(O)[C@@H]3O)[C@@H](O)C2O)[C@@H](O)[C@@H](O)[C@@H]1O. The van der Waals surface area contributed by atoms with Gasteiger partial charge in [0.05, 0.1) is 44.1 Å². The summed E-state index contributed by atoms with van der Waals surface area (Å²) in [5, 5.41) is 163. The van der Waals surface area contributed by atoms with E-state index in [4.69, 9.17) is 37.9 Å². The maximum Gasteiger partial charge on any atom is 0.357 e. The van der Waals surface area contributed by atoms with Crippen LogP contribution >= 0.6 is 0 Å². The molecular formula is C53H86O24. The number of hydrogen-bond donors (Lipinski definition) is 15. The van der Waals surface area contributed by atoms with Crippen molar-refractivity contribution in [2.24, 2.45) is 56.7 Å². The van der Waals surface area contributed by atoms with E-state index in [1.54, 1.807) is 0 Å². The van der Waals surface area contributed by atoms with Crippen LogP contribution in [0.2, 0.25) is 0 Å². The molecule has 4 heterocycles. The molecule has 8 fully saturated rings. The smallest absolute Gasteiger partial charge is 0.357 e. The molecule has 77 heavy (non-hydrogen) atoms. The first kappa shape index (κ1) is 59.9. The molecule has 9 aliphatic rings. The maximum atomic E-state index is 14.7. The Balaban J connectivity index is 0.896. The minimum Gasteiger partial charge on any atom is -0.405 e. The van der Waals surface area contributed by atoms with Crippen LogP contribution in [0, 0.1) is 56.7 Å². The fourth-order valence-electron chi connectivity index (χ4n) is 16.5.